The van der Waals surface area contributed by atoms with Gasteiger partial charge in [0.1, 0.15) is 19.0 Å². The van der Waals surface area contributed by atoms with Crippen LogP contribution in [0.15, 0.2) is 170 Å². The number of ether oxygens (including phenoxy) is 3. The fourth-order valence-corrected chi connectivity index (χ4v) is 7.46. The highest BCUT2D eigenvalue weighted by molar-refractivity contribution is 7.20. The molecule has 8 aromatic rings. The van der Waals surface area contributed by atoms with Crippen molar-refractivity contribution in [2.45, 2.75) is 13.2 Å². The summed E-state index contributed by atoms with van der Waals surface area (Å²) in [5.74, 6) is 1.03. The van der Waals surface area contributed by atoms with Crippen LogP contribution in [-0.4, -0.2) is 16.1 Å². The molecule has 274 valence electrons. The van der Waals surface area contributed by atoms with Crippen molar-refractivity contribution in [3.8, 4) is 45.3 Å². The van der Waals surface area contributed by atoms with Gasteiger partial charge in [0.2, 0.25) is 0 Å². The van der Waals surface area contributed by atoms with Gasteiger partial charge in [-0.1, -0.05) is 121 Å². The summed E-state index contributed by atoms with van der Waals surface area (Å²) in [7, 11) is 0. The minimum atomic E-state index is -1.07. The number of aliphatic carboxylic acids is 1. The van der Waals surface area contributed by atoms with Gasteiger partial charge in [0.05, 0.1) is 10.5 Å². The van der Waals surface area contributed by atoms with Gasteiger partial charge in [0, 0.05) is 33.6 Å². The average Bonchev–Trinajstić information content (AvgIpc) is 3.57. The zero-order valence-electron chi connectivity index (χ0n) is 30.0. The van der Waals surface area contributed by atoms with Crippen LogP contribution in [0.3, 0.4) is 0 Å². The number of carboxylic acid groups (broad SMARTS) is 1. The Morgan fingerprint density at radius 3 is 1.70 bits per heavy atom. The van der Waals surface area contributed by atoms with Crippen LogP contribution in [-0.2, 0) is 18.0 Å². The first-order valence-corrected chi connectivity index (χ1v) is 19.1. The summed E-state index contributed by atoms with van der Waals surface area (Å²) in [6.45, 7) is 0.596. The van der Waals surface area contributed by atoms with Gasteiger partial charge in [-0.25, -0.2) is 4.79 Å². The lowest BCUT2D eigenvalue weighted by molar-refractivity contribution is -0.130. The van der Waals surface area contributed by atoms with Gasteiger partial charge < -0.3 is 19.3 Å². The molecule has 0 atom stereocenters. The zero-order valence-corrected chi connectivity index (χ0v) is 31.5. The Hall–Kier alpha value is -6.67. The first-order valence-electron chi connectivity index (χ1n) is 17.9. The van der Waals surface area contributed by atoms with Crippen LogP contribution in [0.4, 0.5) is 0 Å². The lowest BCUT2D eigenvalue weighted by atomic mass is 10.0. The van der Waals surface area contributed by atoms with Crippen LogP contribution in [0.1, 0.15) is 21.6 Å². The molecule has 0 unspecified atom stereocenters. The molecule has 0 aliphatic carbocycles. The van der Waals surface area contributed by atoms with E-state index in [4.69, 9.17) is 25.8 Å². The summed E-state index contributed by atoms with van der Waals surface area (Å²) in [6.07, 6.45) is 4.77. The van der Waals surface area contributed by atoms with E-state index in [0.717, 1.165) is 43.5 Å². The maximum absolute atomic E-state index is 12.6. The SMILES string of the molecule is O=C(O)C(=Cc1sc2cc(OCc3ccc(-c4ccccc4)cc3)c(OCc3ccc(-c4ccccc4)cc3)cc2c1Oc1ccc(Cl)cc1)c1ccncc1. The Morgan fingerprint density at radius 2 is 1.16 bits per heavy atom. The molecule has 0 saturated heterocycles. The number of pyridine rings is 1. The molecule has 2 aromatic heterocycles. The highest BCUT2D eigenvalue weighted by Crippen LogP contribution is 2.47. The molecule has 1 N–H and O–H groups in total. The summed E-state index contributed by atoms with van der Waals surface area (Å²) in [4.78, 5) is 17.3. The Bertz CT molecular complexity index is 2610. The van der Waals surface area contributed by atoms with Gasteiger partial charge in [-0.15, -0.1) is 11.3 Å². The number of benzene rings is 6. The third kappa shape index (κ3) is 8.50. The summed E-state index contributed by atoms with van der Waals surface area (Å²) in [5, 5.41) is 11.6. The summed E-state index contributed by atoms with van der Waals surface area (Å²) >= 11 is 7.60. The monoisotopic (exact) mass is 771 g/mol. The quantitative estimate of drug-likeness (QED) is 0.118. The number of thiophene rings is 1. The van der Waals surface area contributed by atoms with Crippen LogP contribution in [0.2, 0.25) is 5.02 Å². The van der Waals surface area contributed by atoms with Crippen molar-refractivity contribution in [2.75, 3.05) is 0 Å². The molecule has 0 spiro atoms. The van der Waals surface area contributed by atoms with E-state index in [-0.39, 0.29) is 12.2 Å². The smallest absolute Gasteiger partial charge is 0.336 e. The number of hydrogen-bond donors (Lipinski definition) is 1. The van der Waals surface area contributed by atoms with Gasteiger partial charge in [-0.3, -0.25) is 4.98 Å². The molecule has 0 saturated carbocycles. The van der Waals surface area contributed by atoms with E-state index >= 15 is 0 Å². The van der Waals surface area contributed by atoms with E-state index in [1.54, 1.807) is 54.9 Å². The fraction of sp³-hybridized carbons (Fsp3) is 0.0417. The summed E-state index contributed by atoms with van der Waals surface area (Å²) in [6, 6.07) is 51.3. The molecule has 0 amide bonds. The topological polar surface area (TPSA) is 77.9 Å². The van der Waals surface area contributed by atoms with E-state index in [1.165, 1.54) is 11.3 Å². The van der Waals surface area contributed by atoms with Gasteiger partial charge in [0.25, 0.3) is 0 Å². The average molecular weight is 772 g/mol. The molecule has 56 heavy (non-hydrogen) atoms. The van der Waals surface area contributed by atoms with Crippen molar-refractivity contribution in [1.29, 1.82) is 0 Å². The minimum absolute atomic E-state index is 0.103. The second kappa shape index (κ2) is 16.8. The van der Waals surface area contributed by atoms with E-state index in [9.17, 15) is 9.90 Å². The third-order valence-electron chi connectivity index (χ3n) is 9.18. The van der Waals surface area contributed by atoms with Crippen molar-refractivity contribution in [3.63, 3.8) is 0 Å². The normalized spacial score (nSPS) is 11.3. The number of aromatic nitrogens is 1. The van der Waals surface area contributed by atoms with Gasteiger partial charge in [0.15, 0.2) is 17.2 Å². The summed E-state index contributed by atoms with van der Waals surface area (Å²) < 4.78 is 20.4. The molecule has 0 radical (unpaired) electrons. The standard InChI is InChI=1S/C48H34ClNO5S/c49-39-19-21-40(22-20-39)55-47-42-27-43(53-30-32-11-15-36(16-12-32)34-7-3-1-4-8-34)44(54-31-33-13-17-37(18-14-33)35-9-5-2-6-10-35)29-45(42)56-46(47)28-41(48(51)52)38-23-25-50-26-24-38/h1-29H,30-31H2,(H,51,52). The molecule has 6 aromatic carbocycles. The van der Waals surface area contributed by atoms with E-state index < -0.39 is 5.97 Å². The molecule has 0 fully saturated rings. The van der Waals surface area contributed by atoms with Crippen molar-refractivity contribution in [2.24, 2.45) is 0 Å². The zero-order chi connectivity index (χ0) is 38.3. The van der Waals surface area contributed by atoms with Gasteiger partial charge >= 0.3 is 5.97 Å². The van der Waals surface area contributed by atoms with Crippen LogP contribution < -0.4 is 14.2 Å². The molecule has 6 nitrogen and oxygen atoms in total. The van der Waals surface area contributed by atoms with Crippen LogP contribution >= 0.6 is 22.9 Å². The molecular weight excluding hydrogens is 738 g/mol. The molecule has 8 rings (SSSR count). The predicted octanol–water partition coefficient (Wildman–Crippen LogP) is 12.9. The maximum Gasteiger partial charge on any atom is 0.336 e. The number of carbonyl (C=O) groups is 1. The number of nitrogens with zero attached hydrogens (tertiary/aromatic N) is 1. The Morgan fingerprint density at radius 1 is 0.643 bits per heavy atom. The largest absolute Gasteiger partial charge is 0.485 e. The highest BCUT2D eigenvalue weighted by atomic mass is 35.5. The third-order valence-corrected chi connectivity index (χ3v) is 10.5. The van der Waals surface area contributed by atoms with Crippen LogP contribution in [0, 0.1) is 0 Å². The van der Waals surface area contributed by atoms with E-state index in [1.807, 2.05) is 48.5 Å². The molecular formula is C48H34ClNO5S. The van der Waals surface area contributed by atoms with Crippen molar-refractivity contribution < 1.29 is 24.1 Å². The van der Waals surface area contributed by atoms with Crippen molar-refractivity contribution >= 4 is 50.6 Å². The fourth-order valence-electron chi connectivity index (χ4n) is 6.25. The molecule has 0 aliphatic rings. The first kappa shape index (κ1) is 36.3. The Labute approximate surface area is 333 Å². The van der Waals surface area contributed by atoms with Crippen molar-refractivity contribution in [3.05, 3.63) is 197 Å². The maximum atomic E-state index is 12.6. The lowest BCUT2D eigenvalue weighted by Gasteiger charge is -2.15. The number of carboxylic acids is 1. The predicted molar refractivity (Wildman–Crippen MR) is 226 cm³/mol. The van der Waals surface area contributed by atoms with Crippen molar-refractivity contribution in [1.82, 2.24) is 4.98 Å². The minimum Gasteiger partial charge on any atom is -0.485 e. The van der Waals surface area contributed by atoms with Gasteiger partial charge in [-0.05, 0) is 87.5 Å². The van der Waals surface area contributed by atoms with Gasteiger partial charge in [-0.2, -0.15) is 0 Å². The Kier molecular flexibility index (Phi) is 10.9. The number of fused-ring (bicyclic) bond motifs is 1. The summed E-state index contributed by atoms with van der Waals surface area (Å²) in [5.41, 5.74) is 7.14. The Balaban J connectivity index is 1.17. The molecule has 2 heterocycles. The van der Waals surface area contributed by atoms with E-state index in [2.05, 4.69) is 77.8 Å². The molecule has 8 heteroatoms. The number of hydrogen-bond acceptors (Lipinski definition) is 6. The number of rotatable bonds is 13. The second-order valence-corrected chi connectivity index (χ2v) is 14.5. The number of halogens is 1. The van der Waals surface area contributed by atoms with Crippen LogP contribution in [0.25, 0.3) is 44.0 Å². The van der Waals surface area contributed by atoms with Crippen LogP contribution in [0.5, 0.6) is 23.0 Å². The highest BCUT2D eigenvalue weighted by Gasteiger charge is 2.21. The molecule has 0 bridgehead atoms. The first-order chi connectivity index (χ1) is 27.5. The molecule has 0 aliphatic heterocycles. The second-order valence-electron chi connectivity index (χ2n) is 12.9. The lowest BCUT2D eigenvalue weighted by Crippen LogP contribution is -2.01. The van der Waals surface area contributed by atoms with E-state index in [0.29, 0.717) is 45.1 Å².